The van der Waals surface area contributed by atoms with Crippen molar-refractivity contribution in [3.8, 4) is 5.69 Å². The van der Waals surface area contributed by atoms with E-state index in [0.29, 0.717) is 18.9 Å². The van der Waals surface area contributed by atoms with E-state index in [1.54, 1.807) is 18.2 Å². The minimum atomic E-state index is -0.484. The number of nitro benzene ring substituents is 1. The summed E-state index contributed by atoms with van der Waals surface area (Å²) < 4.78 is 6.30. The molecule has 2 heterocycles. The number of aromatic nitrogens is 2. The Morgan fingerprint density at radius 2 is 2.14 bits per heavy atom. The average molecular weight is 288 g/mol. The number of para-hydroxylation sites is 2. The van der Waals surface area contributed by atoms with Crippen molar-refractivity contribution in [2.45, 2.75) is 6.04 Å². The maximum atomic E-state index is 11.9. The van der Waals surface area contributed by atoms with E-state index in [4.69, 9.17) is 4.74 Å². The van der Waals surface area contributed by atoms with Crippen molar-refractivity contribution >= 4 is 11.6 Å². The highest BCUT2D eigenvalue weighted by molar-refractivity contribution is 5.92. The van der Waals surface area contributed by atoms with Crippen molar-refractivity contribution in [2.24, 2.45) is 0 Å². The lowest BCUT2D eigenvalue weighted by Gasteiger charge is -2.26. The van der Waals surface area contributed by atoms with Gasteiger partial charge in [-0.25, -0.2) is 4.68 Å². The number of hydrogen-bond acceptors (Lipinski definition) is 5. The number of nitrogens with zero attached hydrogens (tertiary/aromatic N) is 3. The van der Waals surface area contributed by atoms with Crippen molar-refractivity contribution in [2.75, 3.05) is 13.2 Å². The number of amides is 1. The zero-order valence-corrected chi connectivity index (χ0v) is 10.9. The van der Waals surface area contributed by atoms with Crippen LogP contribution in [-0.2, 0) is 4.74 Å². The van der Waals surface area contributed by atoms with Gasteiger partial charge in [0.1, 0.15) is 5.69 Å². The lowest BCUT2D eigenvalue weighted by atomic mass is 10.2. The van der Waals surface area contributed by atoms with E-state index in [2.05, 4.69) is 10.4 Å². The van der Waals surface area contributed by atoms with Crippen LogP contribution in [0, 0.1) is 10.1 Å². The number of carbonyl (C=O) groups excluding carboxylic acids is 1. The lowest BCUT2D eigenvalue weighted by Crippen LogP contribution is -2.48. The summed E-state index contributed by atoms with van der Waals surface area (Å²) in [6.45, 7) is 0.993. The van der Waals surface area contributed by atoms with Crippen LogP contribution >= 0.6 is 0 Å². The van der Waals surface area contributed by atoms with E-state index in [1.165, 1.54) is 23.0 Å². The van der Waals surface area contributed by atoms with Crippen molar-refractivity contribution in [3.63, 3.8) is 0 Å². The number of carbonyl (C=O) groups is 1. The number of benzene rings is 1. The van der Waals surface area contributed by atoms with E-state index in [1.807, 2.05) is 0 Å². The summed E-state index contributed by atoms with van der Waals surface area (Å²) in [6.07, 6.45) is 1.52. The largest absolute Gasteiger partial charge is 0.377 e. The van der Waals surface area contributed by atoms with Crippen LogP contribution < -0.4 is 5.32 Å². The molecule has 8 heteroatoms. The molecule has 108 valence electrons. The summed E-state index contributed by atoms with van der Waals surface area (Å²) >= 11 is 0. The molecule has 21 heavy (non-hydrogen) atoms. The number of rotatable bonds is 4. The Kier molecular flexibility index (Phi) is 3.36. The molecule has 1 aromatic heterocycles. The summed E-state index contributed by atoms with van der Waals surface area (Å²) in [5.74, 6) is -0.319. The van der Waals surface area contributed by atoms with Gasteiger partial charge in [-0.1, -0.05) is 12.1 Å². The Hall–Kier alpha value is -2.74. The molecule has 0 bridgehead atoms. The average Bonchev–Trinajstić information content (AvgIpc) is 2.92. The molecule has 0 saturated carbocycles. The second kappa shape index (κ2) is 5.33. The van der Waals surface area contributed by atoms with Crippen molar-refractivity contribution in [1.82, 2.24) is 15.1 Å². The first-order chi connectivity index (χ1) is 10.1. The monoisotopic (exact) mass is 288 g/mol. The van der Waals surface area contributed by atoms with Gasteiger partial charge < -0.3 is 10.1 Å². The van der Waals surface area contributed by atoms with Crippen molar-refractivity contribution in [3.05, 3.63) is 52.3 Å². The van der Waals surface area contributed by atoms with Gasteiger partial charge in [-0.15, -0.1) is 0 Å². The van der Waals surface area contributed by atoms with Gasteiger partial charge in [-0.2, -0.15) is 5.10 Å². The SMILES string of the molecule is O=C(NC1COC1)c1ccn(-c2ccccc2[N+](=O)[O-])n1. The normalized spacial score (nSPS) is 14.5. The fourth-order valence-corrected chi connectivity index (χ4v) is 1.97. The maximum absolute atomic E-state index is 11.9. The molecule has 0 radical (unpaired) electrons. The standard InChI is InChI=1S/C13H12N4O4/c18-13(14-9-7-21-8-9)10-5-6-16(15-10)11-3-1-2-4-12(11)17(19)20/h1-6,9H,7-8H2,(H,14,18). The van der Waals surface area contributed by atoms with Crippen LogP contribution in [0.3, 0.4) is 0 Å². The second-order valence-corrected chi connectivity index (χ2v) is 4.60. The van der Waals surface area contributed by atoms with Gasteiger partial charge in [0.15, 0.2) is 5.69 Å². The lowest BCUT2D eigenvalue weighted by molar-refractivity contribution is -0.384. The molecule has 0 atom stereocenters. The molecule has 0 aliphatic carbocycles. The fraction of sp³-hybridized carbons (Fsp3) is 0.231. The zero-order valence-electron chi connectivity index (χ0n) is 10.9. The molecular weight excluding hydrogens is 276 g/mol. The zero-order chi connectivity index (χ0) is 14.8. The Morgan fingerprint density at radius 3 is 2.81 bits per heavy atom. The highest BCUT2D eigenvalue weighted by Gasteiger charge is 2.23. The van der Waals surface area contributed by atoms with Gasteiger partial charge in [-0.3, -0.25) is 14.9 Å². The molecule has 1 aliphatic heterocycles. The van der Waals surface area contributed by atoms with Gasteiger partial charge in [0.2, 0.25) is 0 Å². The smallest absolute Gasteiger partial charge is 0.294 e. The van der Waals surface area contributed by atoms with E-state index in [9.17, 15) is 14.9 Å². The van der Waals surface area contributed by atoms with Gasteiger partial charge in [0, 0.05) is 12.3 Å². The number of nitro groups is 1. The maximum Gasteiger partial charge on any atom is 0.294 e. The first-order valence-electron chi connectivity index (χ1n) is 6.33. The van der Waals surface area contributed by atoms with Crippen LogP contribution in [0.5, 0.6) is 0 Å². The summed E-state index contributed by atoms with van der Waals surface area (Å²) in [5, 5.41) is 17.9. The predicted molar refractivity (Wildman–Crippen MR) is 72.3 cm³/mol. The topological polar surface area (TPSA) is 99.3 Å². The second-order valence-electron chi connectivity index (χ2n) is 4.60. The van der Waals surface area contributed by atoms with Crippen LogP contribution in [0.4, 0.5) is 5.69 Å². The molecule has 1 aromatic carbocycles. The van der Waals surface area contributed by atoms with Crippen LogP contribution in [0.15, 0.2) is 36.5 Å². The number of ether oxygens (including phenoxy) is 1. The first kappa shape index (κ1) is 13.3. The van der Waals surface area contributed by atoms with Gasteiger partial charge in [0.05, 0.1) is 24.2 Å². The highest BCUT2D eigenvalue weighted by Crippen LogP contribution is 2.21. The summed E-state index contributed by atoms with van der Waals surface area (Å²) in [5.41, 5.74) is 0.452. The van der Waals surface area contributed by atoms with E-state index in [-0.39, 0.29) is 23.3 Å². The molecule has 1 fully saturated rings. The van der Waals surface area contributed by atoms with E-state index in [0.717, 1.165) is 0 Å². The molecule has 1 saturated heterocycles. The highest BCUT2D eigenvalue weighted by atomic mass is 16.6. The van der Waals surface area contributed by atoms with Gasteiger partial charge in [-0.05, 0) is 12.1 Å². The number of hydrogen-bond donors (Lipinski definition) is 1. The summed E-state index contributed by atoms with van der Waals surface area (Å²) in [6, 6.07) is 7.75. The summed E-state index contributed by atoms with van der Waals surface area (Å²) in [4.78, 5) is 22.5. The van der Waals surface area contributed by atoms with Crippen LogP contribution in [0.25, 0.3) is 5.69 Å². The third kappa shape index (κ3) is 2.61. The Balaban J connectivity index is 1.84. The molecule has 0 unspecified atom stereocenters. The Labute approximate surface area is 119 Å². The molecule has 8 nitrogen and oxygen atoms in total. The molecule has 0 spiro atoms. The minimum Gasteiger partial charge on any atom is -0.377 e. The van der Waals surface area contributed by atoms with E-state index < -0.39 is 4.92 Å². The van der Waals surface area contributed by atoms with Crippen molar-refractivity contribution in [1.29, 1.82) is 0 Å². The van der Waals surface area contributed by atoms with E-state index >= 15 is 0 Å². The molecule has 1 N–H and O–H groups in total. The van der Waals surface area contributed by atoms with Crippen molar-refractivity contribution < 1.29 is 14.5 Å². The van der Waals surface area contributed by atoms with Gasteiger partial charge in [0.25, 0.3) is 11.6 Å². The third-order valence-electron chi connectivity index (χ3n) is 3.12. The Bertz CT molecular complexity index is 693. The minimum absolute atomic E-state index is 0.00807. The predicted octanol–water partition coefficient (Wildman–Crippen LogP) is 0.909. The Morgan fingerprint density at radius 1 is 1.38 bits per heavy atom. The van der Waals surface area contributed by atoms with Crippen LogP contribution in [0.1, 0.15) is 10.5 Å². The fourth-order valence-electron chi connectivity index (χ4n) is 1.97. The molecule has 1 amide bonds. The molecular formula is C13H12N4O4. The first-order valence-corrected chi connectivity index (χ1v) is 6.33. The summed E-state index contributed by atoms with van der Waals surface area (Å²) in [7, 11) is 0. The van der Waals surface area contributed by atoms with Crippen LogP contribution in [0.2, 0.25) is 0 Å². The molecule has 2 aromatic rings. The number of nitrogens with one attached hydrogen (secondary N) is 1. The quantitative estimate of drug-likeness (QED) is 0.666. The molecule has 3 rings (SSSR count). The van der Waals surface area contributed by atoms with Gasteiger partial charge >= 0.3 is 0 Å². The third-order valence-corrected chi connectivity index (χ3v) is 3.12. The van der Waals surface area contributed by atoms with Crippen LogP contribution in [-0.4, -0.2) is 39.9 Å². The molecule has 1 aliphatic rings.